The Labute approximate surface area is 211 Å². The number of fused-ring (bicyclic) bond motifs is 1. The summed E-state index contributed by atoms with van der Waals surface area (Å²) in [4.78, 5) is 0. The van der Waals surface area contributed by atoms with Crippen molar-refractivity contribution in [2.75, 3.05) is 20.8 Å². The van der Waals surface area contributed by atoms with E-state index in [4.69, 9.17) is 33.2 Å². The van der Waals surface area contributed by atoms with E-state index in [1.807, 2.05) is 84.9 Å². The van der Waals surface area contributed by atoms with Crippen LogP contribution in [-0.2, 0) is 41.6 Å². The van der Waals surface area contributed by atoms with Crippen molar-refractivity contribution in [2.45, 2.75) is 50.2 Å². The fraction of sp³-hybridized carbons (Fsp3) is 0.379. The highest BCUT2D eigenvalue weighted by Crippen LogP contribution is 2.37. The van der Waals surface area contributed by atoms with E-state index in [0.717, 1.165) is 22.4 Å². The van der Waals surface area contributed by atoms with Crippen molar-refractivity contribution in [1.82, 2.24) is 0 Å². The molecule has 6 atom stereocenters. The van der Waals surface area contributed by atoms with Crippen molar-refractivity contribution in [1.29, 1.82) is 0 Å². The molecule has 0 radical (unpaired) electrons. The lowest BCUT2D eigenvalue weighted by Crippen LogP contribution is -2.63. The third-order valence-corrected chi connectivity index (χ3v) is 6.47. The van der Waals surface area contributed by atoms with Crippen LogP contribution in [0.2, 0.25) is 0 Å². The molecule has 0 N–H and O–H groups in total. The van der Waals surface area contributed by atoms with Gasteiger partial charge in [-0.1, -0.05) is 72.8 Å². The molecule has 190 valence electrons. The summed E-state index contributed by atoms with van der Waals surface area (Å²) in [5.41, 5.74) is 3.02. The van der Waals surface area contributed by atoms with E-state index in [1.165, 1.54) is 0 Å². The lowest BCUT2D eigenvalue weighted by atomic mass is 9.97. The van der Waals surface area contributed by atoms with Gasteiger partial charge in [-0.15, -0.1) is 0 Å². The molecular weight excluding hydrogens is 460 g/mol. The molecule has 2 fully saturated rings. The number of hydrogen-bond acceptors (Lipinski definition) is 7. The highest BCUT2D eigenvalue weighted by molar-refractivity contribution is 5.28. The molecule has 0 amide bonds. The van der Waals surface area contributed by atoms with Crippen LogP contribution in [0.4, 0.5) is 0 Å². The van der Waals surface area contributed by atoms with Crippen LogP contribution in [0, 0.1) is 0 Å². The van der Waals surface area contributed by atoms with Crippen molar-refractivity contribution in [3.8, 4) is 5.75 Å². The first-order chi connectivity index (χ1) is 17.7. The van der Waals surface area contributed by atoms with Crippen LogP contribution in [0.15, 0.2) is 84.9 Å². The first-order valence-electron chi connectivity index (χ1n) is 12.2. The molecule has 2 heterocycles. The minimum Gasteiger partial charge on any atom is -0.497 e. The maximum absolute atomic E-state index is 6.51. The Hall–Kier alpha value is -2.78. The van der Waals surface area contributed by atoms with E-state index in [-0.39, 0.29) is 6.10 Å². The van der Waals surface area contributed by atoms with Gasteiger partial charge < -0.3 is 33.2 Å². The Kier molecular flexibility index (Phi) is 8.28. The Morgan fingerprint density at radius 1 is 0.722 bits per heavy atom. The van der Waals surface area contributed by atoms with Crippen LogP contribution in [0.25, 0.3) is 0 Å². The van der Waals surface area contributed by atoms with Gasteiger partial charge in [0, 0.05) is 12.7 Å². The van der Waals surface area contributed by atoms with Gasteiger partial charge in [0.15, 0.2) is 12.6 Å². The molecule has 3 aromatic carbocycles. The van der Waals surface area contributed by atoms with Crippen molar-refractivity contribution in [3.63, 3.8) is 0 Å². The second-order valence-electron chi connectivity index (χ2n) is 8.84. The molecule has 0 bridgehead atoms. The highest BCUT2D eigenvalue weighted by Gasteiger charge is 2.51. The van der Waals surface area contributed by atoms with Crippen LogP contribution >= 0.6 is 0 Å². The smallest absolute Gasteiger partial charge is 0.186 e. The molecule has 0 saturated carbocycles. The van der Waals surface area contributed by atoms with Gasteiger partial charge in [0.1, 0.15) is 30.2 Å². The SMILES string of the molecule is COc1ccc([C@H]2OC[C@H]3O[C@H](OC)[C@H](OCc4ccccc4)[C@@H](OCc4ccccc4)[C@H]3O2)cc1. The second kappa shape index (κ2) is 12.0. The number of rotatable bonds is 9. The molecule has 0 aromatic heterocycles. The van der Waals surface area contributed by atoms with Crippen LogP contribution in [0.5, 0.6) is 5.75 Å². The zero-order valence-electron chi connectivity index (χ0n) is 20.5. The van der Waals surface area contributed by atoms with Gasteiger partial charge in [-0.25, -0.2) is 0 Å². The third kappa shape index (κ3) is 5.78. The van der Waals surface area contributed by atoms with E-state index in [2.05, 4.69) is 0 Å². The summed E-state index contributed by atoms with van der Waals surface area (Å²) in [5.74, 6) is 0.773. The number of hydrogen-bond donors (Lipinski definition) is 0. The van der Waals surface area contributed by atoms with Gasteiger partial charge in [-0.3, -0.25) is 0 Å². The summed E-state index contributed by atoms with van der Waals surface area (Å²) in [6, 6.07) is 27.7. The largest absolute Gasteiger partial charge is 0.497 e. The monoisotopic (exact) mass is 492 g/mol. The molecule has 0 spiro atoms. The summed E-state index contributed by atoms with van der Waals surface area (Å²) in [6.45, 7) is 1.15. The summed E-state index contributed by atoms with van der Waals surface area (Å²) in [6.07, 6.45) is -2.90. The van der Waals surface area contributed by atoms with Gasteiger partial charge in [-0.2, -0.15) is 0 Å². The molecule has 2 saturated heterocycles. The van der Waals surface area contributed by atoms with E-state index in [1.54, 1.807) is 14.2 Å². The van der Waals surface area contributed by atoms with E-state index < -0.39 is 30.9 Å². The third-order valence-electron chi connectivity index (χ3n) is 6.47. The van der Waals surface area contributed by atoms with Crippen molar-refractivity contribution in [3.05, 3.63) is 102 Å². The second-order valence-corrected chi connectivity index (χ2v) is 8.84. The average Bonchev–Trinajstić information content (AvgIpc) is 2.95. The predicted molar refractivity (Wildman–Crippen MR) is 132 cm³/mol. The summed E-state index contributed by atoms with van der Waals surface area (Å²) < 4.78 is 42.6. The molecule has 7 heteroatoms. The highest BCUT2D eigenvalue weighted by atomic mass is 16.8. The van der Waals surface area contributed by atoms with E-state index in [0.29, 0.717) is 19.8 Å². The number of benzene rings is 3. The number of ether oxygens (including phenoxy) is 7. The average molecular weight is 493 g/mol. The molecule has 7 nitrogen and oxygen atoms in total. The van der Waals surface area contributed by atoms with Crippen LogP contribution < -0.4 is 4.74 Å². The van der Waals surface area contributed by atoms with E-state index >= 15 is 0 Å². The molecular formula is C29H32O7. The summed E-state index contributed by atoms with van der Waals surface area (Å²) in [7, 11) is 3.26. The quantitative estimate of drug-likeness (QED) is 0.431. The van der Waals surface area contributed by atoms with Crippen molar-refractivity contribution in [2.24, 2.45) is 0 Å². The maximum atomic E-state index is 6.51. The van der Waals surface area contributed by atoms with Gasteiger partial charge in [0.05, 0.1) is 26.9 Å². The minimum atomic E-state index is -0.625. The first-order valence-corrected chi connectivity index (χ1v) is 12.2. The topological polar surface area (TPSA) is 64.6 Å². The lowest BCUT2D eigenvalue weighted by molar-refractivity contribution is -0.369. The standard InChI is InChI=1S/C29H32O7/c1-30-23-15-13-22(14-16-23)28-34-19-24-25(36-28)26(32-17-20-9-5-3-6-10-20)27(29(31-2)35-24)33-18-21-11-7-4-8-12-21/h3-16,24-29H,17-19H2,1-2H3/t24-,25+,26+,27-,28+,29+/m1/s1. The zero-order valence-corrected chi connectivity index (χ0v) is 20.5. The Balaban J connectivity index is 1.38. The molecule has 2 aliphatic heterocycles. The van der Waals surface area contributed by atoms with E-state index in [9.17, 15) is 0 Å². The fourth-order valence-corrected chi connectivity index (χ4v) is 4.57. The van der Waals surface area contributed by atoms with Crippen molar-refractivity contribution < 1.29 is 33.2 Å². The summed E-state index contributed by atoms with van der Waals surface area (Å²) in [5, 5.41) is 0. The van der Waals surface area contributed by atoms with Gasteiger partial charge in [0.2, 0.25) is 0 Å². The fourth-order valence-electron chi connectivity index (χ4n) is 4.57. The van der Waals surface area contributed by atoms with Gasteiger partial charge in [0.25, 0.3) is 0 Å². The molecule has 2 aliphatic rings. The lowest BCUT2D eigenvalue weighted by Gasteiger charge is -2.48. The van der Waals surface area contributed by atoms with Crippen LogP contribution in [-0.4, -0.2) is 51.5 Å². The van der Waals surface area contributed by atoms with Crippen LogP contribution in [0.1, 0.15) is 23.0 Å². The van der Waals surface area contributed by atoms with Gasteiger partial charge >= 0.3 is 0 Å². The Bertz CT molecular complexity index is 1060. The maximum Gasteiger partial charge on any atom is 0.186 e. The normalized spacial score (nSPS) is 27.8. The molecule has 5 rings (SSSR count). The number of methoxy groups -OCH3 is 2. The zero-order chi connectivity index (χ0) is 24.7. The predicted octanol–water partition coefficient (Wildman–Crippen LogP) is 4.65. The Morgan fingerprint density at radius 2 is 1.33 bits per heavy atom. The Morgan fingerprint density at radius 3 is 1.92 bits per heavy atom. The first kappa shape index (κ1) is 24.9. The molecule has 0 aliphatic carbocycles. The van der Waals surface area contributed by atoms with Gasteiger partial charge in [-0.05, 0) is 23.3 Å². The van der Waals surface area contributed by atoms with Crippen LogP contribution in [0.3, 0.4) is 0 Å². The minimum absolute atomic E-state index is 0.345. The molecule has 36 heavy (non-hydrogen) atoms. The molecule has 0 unspecified atom stereocenters. The van der Waals surface area contributed by atoms with Crippen molar-refractivity contribution >= 4 is 0 Å². The molecule has 3 aromatic rings. The summed E-state index contributed by atoms with van der Waals surface area (Å²) >= 11 is 0.